The fourth-order valence-electron chi connectivity index (χ4n) is 2.02. The number of hydrogen-bond acceptors (Lipinski definition) is 1. The van der Waals surface area contributed by atoms with Crippen molar-refractivity contribution < 1.29 is 4.39 Å². The van der Waals surface area contributed by atoms with Gasteiger partial charge in [0.2, 0.25) is 0 Å². The Kier molecular flexibility index (Phi) is 4.81. The summed E-state index contributed by atoms with van der Waals surface area (Å²) < 4.78 is 13.1. The van der Waals surface area contributed by atoms with Gasteiger partial charge in [-0.2, -0.15) is 0 Å². The molecule has 0 aromatic heterocycles. The minimum atomic E-state index is -0.245. The maximum absolute atomic E-state index is 13.1. The van der Waals surface area contributed by atoms with E-state index in [2.05, 4.69) is 0 Å². The molecule has 1 nitrogen and oxygen atoms in total. The van der Waals surface area contributed by atoms with Crippen molar-refractivity contribution in [3.63, 3.8) is 0 Å². The number of halogens is 3. The second kappa shape index (κ2) is 6.38. The van der Waals surface area contributed by atoms with Crippen molar-refractivity contribution in [2.24, 2.45) is 5.73 Å². The van der Waals surface area contributed by atoms with Crippen LogP contribution in [0, 0.1) is 5.82 Å². The highest BCUT2D eigenvalue weighted by molar-refractivity contribution is 6.33. The molecule has 0 aliphatic rings. The van der Waals surface area contributed by atoms with E-state index in [1.165, 1.54) is 12.1 Å². The Morgan fingerprint density at radius 1 is 1.05 bits per heavy atom. The van der Waals surface area contributed by atoms with E-state index < -0.39 is 0 Å². The quantitative estimate of drug-likeness (QED) is 0.897. The van der Waals surface area contributed by atoms with Crippen molar-refractivity contribution in [3.8, 4) is 0 Å². The summed E-state index contributed by atoms with van der Waals surface area (Å²) >= 11 is 12.0. The van der Waals surface area contributed by atoms with E-state index in [0.29, 0.717) is 22.9 Å². The van der Waals surface area contributed by atoms with Crippen LogP contribution in [0.5, 0.6) is 0 Å². The van der Waals surface area contributed by atoms with Gasteiger partial charge >= 0.3 is 0 Å². The second-order valence-corrected chi connectivity index (χ2v) is 5.38. The van der Waals surface area contributed by atoms with Gasteiger partial charge in [-0.3, -0.25) is 0 Å². The van der Waals surface area contributed by atoms with Gasteiger partial charge in [0.15, 0.2) is 0 Å². The Balaban J connectivity index is 2.05. The first-order chi connectivity index (χ1) is 9.04. The Labute approximate surface area is 122 Å². The van der Waals surface area contributed by atoms with E-state index in [9.17, 15) is 4.39 Å². The molecule has 0 heterocycles. The minimum absolute atomic E-state index is 0.127. The van der Waals surface area contributed by atoms with Gasteiger partial charge in [0.25, 0.3) is 0 Å². The Morgan fingerprint density at radius 2 is 1.84 bits per heavy atom. The van der Waals surface area contributed by atoms with Crippen LogP contribution in [-0.2, 0) is 12.8 Å². The Morgan fingerprint density at radius 3 is 2.58 bits per heavy atom. The molecule has 0 spiro atoms. The molecule has 1 unspecified atom stereocenters. The molecule has 4 heteroatoms. The molecule has 0 saturated heterocycles. The van der Waals surface area contributed by atoms with Crippen molar-refractivity contribution in [1.82, 2.24) is 0 Å². The van der Waals surface area contributed by atoms with E-state index in [4.69, 9.17) is 28.9 Å². The number of rotatable bonds is 4. The first kappa shape index (κ1) is 14.3. The highest BCUT2D eigenvalue weighted by atomic mass is 35.5. The van der Waals surface area contributed by atoms with Gasteiger partial charge in [0, 0.05) is 16.1 Å². The normalized spacial score (nSPS) is 12.4. The van der Waals surface area contributed by atoms with Gasteiger partial charge in [0.1, 0.15) is 5.82 Å². The van der Waals surface area contributed by atoms with Crippen LogP contribution in [0.1, 0.15) is 11.1 Å². The van der Waals surface area contributed by atoms with Gasteiger partial charge in [-0.15, -0.1) is 0 Å². The molecule has 0 radical (unpaired) electrons. The van der Waals surface area contributed by atoms with Crippen molar-refractivity contribution >= 4 is 23.2 Å². The molecule has 0 bridgehead atoms. The summed E-state index contributed by atoms with van der Waals surface area (Å²) in [5.74, 6) is -0.245. The lowest BCUT2D eigenvalue weighted by molar-refractivity contribution is 0.618. The zero-order chi connectivity index (χ0) is 13.8. The molecule has 2 aromatic rings. The first-order valence-electron chi connectivity index (χ1n) is 5.98. The van der Waals surface area contributed by atoms with Crippen molar-refractivity contribution in [2.45, 2.75) is 18.9 Å². The third-order valence-electron chi connectivity index (χ3n) is 2.88. The van der Waals surface area contributed by atoms with Crippen LogP contribution < -0.4 is 5.73 Å². The van der Waals surface area contributed by atoms with Crippen LogP contribution >= 0.6 is 23.2 Å². The van der Waals surface area contributed by atoms with E-state index in [-0.39, 0.29) is 11.9 Å². The Bertz CT molecular complexity index is 572. The number of nitrogens with two attached hydrogens (primary N) is 1. The van der Waals surface area contributed by atoms with E-state index >= 15 is 0 Å². The largest absolute Gasteiger partial charge is 0.327 e. The zero-order valence-corrected chi connectivity index (χ0v) is 11.8. The maximum atomic E-state index is 13.1. The third kappa shape index (κ3) is 4.20. The second-order valence-electron chi connectivity index (χ2n) is 4.53. The Hall–Kier alpha value is -1.09. The average molecular weight is 298 g/mol. The molecule has 0 amide bonds. The molecule has 19 heavy (non-hydrogen) atoms. The topological polar surface area (TPSA) is 26.0 Å². The summed E-state index contributed by atoms with van der Waals surface area (Å²) in [6.45, 7) is 0. The van der Waals surface area contributed by atoms with Crippen molar-refractivity contribution in [2.75, 3.05) is 0 Å². The fourth-order valence-corrected chi connectivity index (χ4v) is 2.41. The molecule has 0 aliphatic carbocycles. The number of hydrogen-bond donors (Lipinski definition) is 1. The summed E-state index contributed by atoms with van der Waals surface area (Å²) in [4.78, 5) is 0. The minimum Gasteiger partial charge on any atom is -0.327 e. The average Bonchev–Trinajstić information content (AvgIpc) is 2.34. The lowest BCUT2D eigenvalue weighted by Gasteiger charge is -2.13. The molecule has 1 atom stereocenters. The zero-order valence-electron chi connectivity index (χ0n) is 10.2. The first-order valence-corrected chi connectivity index (χ1v) is 6.74. The SMILES string of the molecule is NC(Cc1cccc(F)c1)Cc1cc(Cl)ccc1Cl. The standard InChI is InChI=1S/C15H14Cl2FN/c16-12-4-5-15(17)11(8-12)9-14(19)7-10-2-1-3-13(18)6-10/h1-6,8,14H,7,9,19H2. The van der Waals surface area contributed by atoms with E-state index in [0.717, 1.165) is 11.1 Å². The predicted molar refractivity (Wildman–Crippen MR) is 78.2 cm³/mol. The van der Waals surface area contributed by atoms with Crippen LogP contribution in [0.3, 0.4) is 0 Å². The van der Waals surface area contributed by atoms with Gasteiger partial charge in [-0.25, -0.2) is 4.39 Å². The summed E-state index contributed by atoms with van der Waals surface area (Å²) in [5, 5.41) is 1.29. The van der Waals surface area contributed by atoms with Crippen LogP contribution in [0.2, 0.25) is 10.0 Å². The summed E-state index contributed by atoms with van der Waals surface area (Å²) in [7, 11) is 0. The summed E-state index contributed by atoms with van der Waals surface area (Å²) in [6.07, 6.45) is 1.20. The monoisotopic (exact) mass is 297 g/mol. The smallest absolute Gasteiger partial charge is 0.123 e. The van der Waals surface area contributed by atoms with Crippen LogP contribution in [0.25, 0.3) is 0 Å². The predicted octanol–water partition coefficient (Wildman–Crippen LogP) is 4.25. The maximum Gasteiger partial charge on any atom is 0.123 e. The fraction of sp³-hybridized carbons (Fsp3) is 0.200. The highest BCUT2D eigenvalue weighted by Crippen LogP contribution is 2.22. The van der Waals surface area contributed by atoms with Crippen molar-refractivity contribution in [3.05, 3.63) is 69.5 Å². The summed E-state index contributed by atoms with van der Waals surface area (Å²) in [6, 6.07) is 11.7. The van der Waals surface area contributed by atoms with Crippen molar-refractivity contribution in [1.29, 1.82) is 0 Å². The van der Waals surface area contributed by atoms with Gasteiger partial charge in [-0.05, 0) is 54.3 Å². The van der Waals surface area contributed by atoms with Crippen LogP contribution in [0.4, 0.5) is 4.39 Å². The van der Waals surface area contributed by atoms with Gasteiger partial charge in [-0.1, -0.05) is 35.3 Å². The molecule has 0 aliphatic heterocycles. The van der Waals surface area contributed by atoms with Gasteiger partial charge < -0.3 is 5.73 Å². The van der Waals surface area contributed by atoms with Crippen LogP contribution in [0.15, 0.2) is 42.5 Å². The van der Waals surface area contributed by atoms with Gasteiger partial charge in [0.05, 0.1) is 0 Å². The molecule has 0 fully saturated rings. The molecule has 100 valence electrons. The third-order valence-corrected chi connectivity index (χ3v) is 3.48. The van der Waals surface area contributed by atoms with E-state index in [1.54, 1.807) is 18.2 Å². The molecule has 2 aromatic carbocycles. The molecule has 0 saturated carbocycles. The molecular weight excluding hydrogens is 284 g/mol. The summed E-state index contributed by atoms with van der Waals surface area (Å²) in [5.41, 5.74) is 7.88. The molecular formula is C15H14Cl2FN. The lowest BCUT2D eigenvalue weighted by atomic mass is 10.00. The molecule has 2 N–H and O–H groups in total. The van der Waals surface area contributed by atoms with E-state index in [1.807, 2.05) is 12.1 Å². The lowest BCUT2D eigenvalue weighted by Crippen LogP contribution is -2.25. The highest BCUT2D eigenvalue weighted by Gasteiger charge is 2.09. The van der Waals surface area contributed by atoms with Crippen LogP contribution in [-0.4, -0.2) is 6.04 Å². The molecule has 2 rings (SSSR count). The number of benzene rings is 2.